The van der Waals surface area contributed by atoms with Gasteiger partial charge in [0.25, 0.3) is 5.91 Å². The molecule has 5 rings (SSSR count). The van der Waals surface area contributed by atoms with Crippen molar-refractivity contribution in [1.82, 2.24) is 14.9 Å². The van der Waals surface area contributed by atoms with E-state index >= 15 is 0 Å². The number of nitrogens with zero attached hydrogens (tertiary/aromatic N) is 4. The number of hydrogen-bond donors (Lipinski definition) is 0. The molecule has 1 aromatic heterocycles. The lowest BCUT2D eigenvalue weighted by Gasteiger charge is -2.36. The van der Waals surface area contributed by atoms with Crippen LogP contribution in [0.1, 0.15) is 21.5 Å². The molecule has 1 amide bonds. The van der Waals surface area contributed by atoms with E-state index in [0.717, 1.165) is 28.1 Å². The summed E-state index contributed by atoms with van der Waals surface area (Å²) in [6.45, 7) is 6.85. The van der Waals surface area contributed by atoms with Crippen LogP contribution in [0.4, 0.5) is 5.82 Å². The number of fused-ring (bicyclic) bond motifs is 1. The zero-order valence-corrected chi connectivity index (χ0v) is 19.5. The number of benzene rings is 3. The van der Waals surface area contributed by atoms with Crippen LogP contribution in [0.25, 0.3) is 22.3 Å². The van der Waals surface area contributed by atoms with Gasteiger partial charge in [0, 0.05) is 42.3 Å². The van der Waals surface area contributed by atoms with Crippen LogP contribution in [0.3, 0.4) is 0 Å². The van der Waals surface area contributed by atoms with Gasteiger partial charge in [-0.1, -0.05) is 41.9 Å². The van der Waals surface area contributed by atoms with E-state index in [1.54, 1.807) is 24.3 Å². The molecule has 4 aromatic rings. The summed E-state index contributed by atoms with van der Waals surface area (Å²) in [7, 11) is 0. The van der Waals surface area contributed by atoms with Gasteiger partial charge in [-0.2, -0.15) is 0 Å². The molecule has 0 saturated carbocycles. The summed E-state index contributed by atoms with van der Waals surface area (Å²) < 4.78 is 0. The molecule has 1 aliphatic rings. The van der Waals surface area contributed by atoms with Gasteiger partial charge in [0.15, 0.2) is 5.82 Å². The Balaban J connectivity index is 1.46. The van der Waals surface area contributed by atoms with Gasteiger partial charge < -0.3 is 9.80 Å². The van der Waals surface area contributed by atoms with Gasteiger partial charge in [-0.3, -0.25) is 4.79 Å². The molecule has 0 atom stereocenters. The lowest BCUT2D eigenvalue weighted by Crippen LogP contribution is -2.49. The summed E-state index contributed by atoms with van der Waals surface area (Å²) >= 11 is 5.97. The zero-order valence-electron chi connectivity index (χ0n) is 18.8. The monoisotopic (exact) mass is 456 g/mol. The third kappa shape index (κ3) is 4.29. The van der Waals surface area contributed by atoms with Crippen molar-refractivity contribution in [2.24, 2.45) is 0 Å². The molecule has 2 heterocycles. The van der Waals surface area contributed by atoms with Crippen molar-refractivity contribution >= 4 is 34.4 Å². The van der Waals surface area contributed by atoms with Crippen molar-refractivity contribution in [3.8, 4) is 11.3 Å². The lowest BCUT2D eigenvalue weighted by atomic mass is 10.1. The van der Waals surface area contributed by atoms with E-state index in [0.29, 0.717) is 36.8 Å². The minimum absolute atomic E-state index is 0.0327. The summed E-state index contributed by atoms with van der Waals surface area (Å²) in [4.78, 5) is 27.2. The average Bonchev–Trinajstić information content (AvgIpc) is 2.85. The zero-order chi connectivity index (χ0) is 22.9. The van der Waals surface area contributed by atoms with E-state index in [1.807, 2.05) is 23.1 Å². The second-order valence-electron chi connectivity index (χ2n) is 8.47. The molecule has 0 bridgehead atoms. The normalized spacial score (nSPS) is 14.0. The van der Waals surface area contributed by atoms with Crippen molar-refractivity contribution in [3.05, 3.63) is 88.4 Å². The van der Waals surface area contributed by atoms with Gasteiger partial charge in [-0.25, -0.2) is 9.97 Å². The molecular weight excluding hydrogens is 432 g/mol. The van der Waals surface area contributed by atoms with Crippen molar-refractivity contribution in [1.29, 1.82) is 0 Å². The van der Waals surface area contributed by atoms with Crippen LogP contribution in [0, 0.1) is 13.8 Å². The smallest absolute Gasteiger partial charge is 0.253 e. The molecule has 0 spiro atoms. The van der Waals surface area contributed by atoms with Crippen molar-refractivity contribution in [2.45, 2.75) is 13.8 Å². The number of piperazine rings is 1. The summed E-state index contributed by atoms with van der Waals surface area (Å²) in [5, 5.41) is 0.630. The summed E-state index contributed by atoms with van der Waals surface area (Å²) in [5.41, 5.74) is 6.79. The SMILES string of the molecule is Cc1cc2nc(-c3ccccc3)c(N3CCN(C(=O)c4ccc(Cl)cc4)CC3)nc2cc1C. The molecular formula is C27H25ClN4O. The first kappa shape index (κ1) is 21.4. The molecule has 33 heavy (non-hydrogen) atoms. The van der Waals surface area contributed by atoms with Crippen LogP contribution in [0.2, 0.25) is 5.02 Å². The Bertz CT molecular complexity index is 1310. The summed E-state index contributed by atoms with van der Waals surface area (Å²) in [6, 6.07) is 21.5. The highest BCUT2D eigenvalue weighted by molar-refractivity contribution is 6.30. The van der Waals surface area contributed by atoms with E-state index in [1.165, 1.54) is 11.1 Å². The third-order valence-electron chi connectivity index (χ3n) is 6.27. The number of anilines is 1. The molecule has 166 valence electrons. The standard InChI is InChI=1S/C27H25ClN4O/c1-18-16-23-24(17-19(18)2)30-26(25(29-23)20-6-4-3-5-7-20)31-12-14-32(15-13-31)27(33)21-8-10-22(28)11-9-21/h3-11,16-17H,12-15H2,1-2H3. The highest BCUT2D eigenvalue weighted by atomic mass is 35.5. The predicted molar refractivity (Wildman–Crippen MR) is 134 cm³/mol. The predicted octanol–water partition coefficient (Wildman–Crippen LogP) is 5.53. The Morgan fingerprint density at radius 2 is 1.42 bits per heavy atom. The minimum atomic E-state index is 0.0327. The van der Waals surface area contributed by atoms with Crippen LogP contribution >= 0.6 is 11.6 Å². The second-order valence-corrected chi connectivity index (χ2v) is 8.91. The molecule has 0 unspecified atom stereocenters. The van der Waals surface area contributed by atoms with Crippen molar-refractivity contribution in [3.63, 3.8) is 0 Å². The molecule has 1 saturated heterocycles. The first-order valence-electron chi connectivity index (χ1n) is 11.1. The number of hydrogen-bond acceptors (Lipinski definition) is 4. The van der Waals surface area contributed by atoms with E-state index in [9.17, 15) is 4.79 Å². The lowest BCUT2D eigenvalue weighted by molar-refractivity contribution is 0.0746. The first-order chi connectivity index (χ1) is 16.0. The molecule has 0 aliphatic carbocycles. The molecule has 1 aliphatic heterocycles. The highest BCUT2D eigenvalue weighted by Crippen LogP contribution is 2.31. The van der Waals surface area contributed by atoms with Gasteiger partial charge in [0.05, 0.1) is 11.0 Å². The van der Waals surface area contributed by atoms with Crippen LogP contribution < -0.4 is 4.90 Å². The highest BCUT2D eigenvalue weighted by Gasteiger charge is 2.25. The number of halogens is 1. The van der Waals surface area contributed by atoms with Gasteiger partial charge in [0.2, 0.25) is 0 Å². The maximum absolute atomic E-state index is 12.9. The van der Waals surface area contributed by atoms with E-state index in [4.69, 9.17) is 21.6 Å². The number of amides is 1. The minimum Gasteiger partial charge on any atom is -0.351 e. The first-order valence-corrected chi connectivity index (χ1v) is 11.5. The topological polar surface area (TPSA) is 49.3 Å². The van der Waals surface area contributed by atoms with Crippen molar-refractivity contribution < 1.29 is 4.79 Å². The Hall–Kier alpha value is -3.44. The maximum Gasteiger partial charge on any atom is 0.253 e. The second kappa shape index (κ2) is 8.83. The maximum atomic E-state index is 12.9. The Kier molecular flexibility index (Phi) is 5.73. The van der Waals surface area contributed by atoms with Gasteiger partial charge in [0.1, 0.15) is 5.69 Å². The Labute approximate surface area is 198 Å². The fourth-order valence-electron chi connectivity index (χ4n) is 4.21. The largest absolute Gasteiger partial charge is 0.351 e. The number of carbonyl (C=O) groups is 1. The molecule has 5 nitrogen and oxygen atoms in total. The number of aromatic nitrogens is 2. The van der Waals surface area contributed by atoms with Crippen LogP contribution in [0.15, 0.2) is 66.7 Å². The fraction of sp³-hybridized carbons (Fsp3) is 0.222. The summed E-state index contributed by atoms with van der Waals surface area (Å²) in [6.07, 6.45) is 0. The number of aryl methyl sites for hydroxylation is 2. The number of carbonyl (C=O) groups excluding carboxylic acids is 1. The molecule has 1 fully saturated rings. The molecule has 3 aromatic carbocycles. The molecule has 0 N–H and O–H groups in total. The van der Waals surface area contributed by atoms with Gasteiger partial charge in [-0.05, 0) is 61.4 Å². The van der Waals surface area contributed by atoms with Gasteiger partial charge in [-0.15, -0.1) is 0 Å². The van der Waals surface area contributed by atoms with Crippen LogP contribution in [0.5, 0.6) is 0 Å². The van der Waals surface area contributed by atoms with E-state index in [-0.39, 0.29) is 5.91 Å². The summed E-state index contributed by atoms with van der Waals surface area (Å²) in [5.74, 6) is 0.904. The quantitative estimate of drug-likeness (QED) is 0.406. The Morgan fingerprint density at radius 1 is 0.818 bits per heavy atom. The molecule has 6 heteroatoms. The average molecular weight is 457 g/mol. The number of rotatable bonds is 3. The fourth-order valence-corrected chi connectivity index (χ4v) is 4.33. The van der Waals surface area contributed by atoms with Gasteiger partial charge >= 0.3 is 0 Å². The van der Waals surface area contributed by atoms with Crippen LogP contribution in [-0.2, 0) is 0 Å². The Morgan fingerprint density at radius 3 is 2.06 bits per heavy atom. The molecule has 0 radical (unpaired) electrons. The van der Waals surface area contributed by atoms with E-state index < -0.39 is 0 Å². The third-order valence-corrected chi connectivity index (χ3v) is 6.52. The van der Waals surface area contributed by atoms with Crippen LogP contribution in [-0.4, -0.2) is 47.0 Å². The van der Waals surface area contributed by atoms with E-state index in [2.05, 4.69) is 43.0 Å². The van der Waals surface area contributed by atoms with Crippen molar-refractivity contribution in [2.75, 3.05) is 31.1 Å².